The fourth-order valence-corrected chi connectivity index (χ4v) is 2.93. The van der Waals surface area contributed by atoms with E-state index in [0.717, 1.165) is 5.56 Å². The highest BCUT2D eigenvalue weighted by atomic mass is 32.1. The third-order valence-electron chi connectivity index (χ3n) is 4.29. The summed E-state index contributed by atoms with van der Waals surface area (Å²) in [6.07, 6.45) is 0. The van der Waals surface area contributed by atoms with Crippen molar-refractivity contribution in [3.05, 3.63) is 106 Å². The van der Waals surface area contributed by atoms with Crippen LogP contribution in [0.1, 0.15) is 21.5 Å². The van der Waals surface area contributed by atoms with E-state index in [2.05, 4.69) is 16.2 Å². The summed E-state index contributed by atoms with van der Waals surface area (Å²) in [7, 11) is 0. The van der Waals surface area contributed by atoms with Gasteiger partial charge in [-0.3, -0.25) is 30.6 Å². The predicted molar refractivity (Wildman–Crippen MR) is 121 cm³/mol. The fraction of sp³-hybridized carbons (Fsp3) is 0.0455. The van der Waals surface area contributed by atoms with Crippen LogP contribution in [0.2, 0.25) is 0 Å². The molecule has 0 saturated heterocycles. The van der Waals surface area contributed by atoms with Crippen molar-refractivity contribution < 1.29 is 14.5 Å². The number of carbonyl (C=O) groups excluding carboxylic acids is 2. The van der Waals surface area contributed by atoms with Crippen molar-refractivity contribution in [2.75, 3.05) is 11.9 Å². The molecule has 1 amide bonds. The molecule has 3 N–H and O–H groups in total. The standard InChI is InChI=1S/C22H18N4O4S/c27-20(24-25-22(31)16-9-5-2-6-10-16)14-23-19-12-11-17(26(29)30)13-18(19)21(28)15-7-3-1-4-8-15/h1-13,23H,14H2,(H,24,27)(H,25,31). The molecular formula is C22H18N4O4S. The summed E-state index contributed by atoms with van der Waals surface area (Å²) in [5.74, 6) is -0.828. The van der Waals surface area contributed by atoms with E-state index >= 15 is 0 Å². The molecule has 0 aliphatic heterocycles. The number of anilines is 1. The maximum Gasteiger partial charge on any atom is 0.270 e. The number of nitro benzene ring substituents is 1. The van der Waals surface area contributed by atoms with E-state index in [0.29, 0.717) is 16.2 Å². The van der Waals surface area contributed by atoms with Gasteiger partial charge in [0.25, 0.3) is 11.6 Å². The highest BCUT2D eigenvalue weighted by Crippen LogP contribution is 2.24. The molecule has 156 valence electrons. The third kappa shape index (κ3) is 5.71. The molecule has 0 unspecified atom stereocenters. The lowest BCUT2D eigenvalue weighted by molar-refractivity contribution is -0.384. The van der Waals surface area contributed by atoms with E-state index in [4.69, 9.17) is 12.2 Å². The van der Waals surface area contributed by atoms with Gasteiger partial charge in [0.15, 0.2) is 5.78 Å². The molecule has 8 nitrogen and oxygen atoms in total. The number of ketones is 1. The van der Waals surface area contributed by atoms with Crippen LogP contribution in [0, 0.1) is 10.1 Å². The number of thiocarbonyl (C=S) groups is 1. The topological polar surface area (TPSA) is 113 Å². The Kier molecular flexibility index (Phi) is 7.02. The van der Waals surface area contributed by atoms with Crippen LogP contribution in [-0.4, -0.2) is 28.1 Å². The zero-order valence-corrected chi connectivity index (χ0v) is 17.0. The van der Waals surface area contributed by atoms with Gasteiger partial charge in [-0.25, -0.2) is 0 Å². The van der Waals surface area contributed by atoms with Crippen molar-refractivity contribution in [2.24, 2.45) is 0 Å². The molecule has 0 aliphatic rings. The van der Waals surface area contributed by atoms with Crippen molar-refractivity contribution >= 4 is 40.3 Å². The van der Waals surface area contributed by atoms with Crippen molar-refractivity contribution in [2.45, 2.75) is 0 Å². The van der Waals surface area contributed by atoms with Gasteiger partial charge in [-0.15, -0.1) is 0 Å². The molecule has 0 aromatic heterocycles. The molecule has 0 heterocycles. The lowest BCUT2D eigenvalue weighted by Crippen LogP contribution is -2.43. The second-order valence-electron chi connectivity index (χ2n) is 6.40. The Morgan fingerprint density at radius 3 is 2.10 bits per heavy atom. The number of nitrogens with one attached hydrogen (secondary N) is 3. The largest absolute Gasteiger partial charge is 0.375 e. The highest BCUT2D eigenvalue weighted by Gasteiger charge is 2.18. The number of non-ortho nitro benzene ring substituents is 1. The average Bonchev–Trinajstić information content (AvgIpc) is 2.81. The monoisotopic (exact) mass is 434 g/mol. The zero-order valence-electron chi connectivity index (χ0n) is 16.2. The molecule has 9 heteroatoms. The molecule has 31 heavy (non-hydrogen) atoms. The van der Waals surface area contributed by atoms with E-state index in [1.807, 2.05) is 18.2 Å². The first kappa shape index (κ1) is 21.6. The zero-order chi connectivity index (χ0) is 22.2. The molecule has 0 fully saturated rings. The molecule has 0 radical (unpaired) electrons. The Morgan fingerprint density at radius 1 is 0.871 bits per heavy atom. The van der Waals surface area contributed by atoms with Crippen LogP contribution >= 0.6 is 12.2 Å². The van der Waals surface area contributed by atoms with E-state index < -0.39 is 16.6 Å². The number of benzene rings is 3. The molecule has 3 aromatic rings. The first-order valence-corrected chi connectivity index (χ1v) is 9.63. The van der Waals surface area contributed by atoms with Crippen LogP contribution in [0.3, 0.4) is 0 Å². The minimum absolute atomic E-state index is 0.0981. The number of amides is 1. The van der Waals surface area contributed by atoms with Crippen LogP contribution in [0.5, 0.6) is 0 Å². The first-order valence-electron chi connectivity index (χ1n) is 9.22. The number of hydrogen-bond donors (Lipinski definition) is 3. The van der Waals surface area contributed by atoms with Crippen molar-refractivity contribution in [3.63, 3.8) is 0 Å². The molecule has 0 atom stereocenters. The average molecular weight is 434 g/mol. The lowest BCUT2D eigenvalue weighted by atomic mass is 10.0. The highest BCUT2D eigenvalue weighted by molar-refractivity contribution is 7.80. The quantitative estimate of drug-likeness (QED) is 0.226. The second kappa shape index (κ2) is 10.1. The van der Waals surface area contributed by atoms with Gasteiger partial charge in [0.05, 0.1) is 17.0 Å². The van der Waals surface area contributed by atoms with E-state index in [1.165, 1.54) is 18.2 Å². The van der Waals surface area contributed by atoms with Crippen molar-refractivity contribution in [1.29, 1.82) is 0 Å². The van der Waals surface area contributed by atoms with Gasteiger partial charge in [0, 0.05) is 28.9 Å². The Hall–Kier alpha value is -4.11. The Balaban J connectivity index is 1.69. The van der Waals surface area contributed by atoms with Gasteiger partial charge in [-0.1, -0.05) is 72.9 Å². The Morgan fingerprint density at radius 2 is 1.48 bits per heavy atom. The minimum atomic E-state index is -0.577. The number of nitrogens with zero attached hydrogens (tertiary/aromatic N) is 1. The Labute approximate surface area is 183 Å². The Bertz CT molecular complexity index is 1120. The summed E-state index contributed by atoms with van der Waals surface area (Å²) in [6.45, 7) is -0.183. The fourth-order valence-electron chi connectivity index (χ4n) is 2.74. The summed E-state index contributed by atoms with van der Waals surface area (Å²) in [4.78, 5) is 36.0. The molecule has 0 bridgehead atoms. The van der Waals surface area contributed by atoms with Gasteiger partial charge >= 0.3 is 0 Å². The molecule has 0 saturated carbocycles. The minimum Gasteiger partial charge on any atom is -0.375 e. The number of nitro groups is 1. The summed E-state index contributed by atoms with van der Waals surface area (Å²) >= 11 is 5.21. The summed E-state index contributed by atoms with van der Waals surface area (Å²) in [5, 5.41) is 14.0. The number of hydrogen-bond acceptors (Lipinski definition) is 6. The predicted octanol–water partition coefficient (Wildman–Crippen LogP) is 3.23. The van der Waals surface area contributed by atoms with E-state index in [1.54, 1.807) is 42.5 Å². The van der Waals surface area contributed by atoms with Gasteiger partial charge < -0.3 is 5.32 Å². The SMILES string of the molecule is O=C(CNc1ccc([N+](=O)[O-])cc1C(=O)c1ccccc1)NNC(=S)c1ccccc1. The van der Waals surface area contributed by atoms with Crippen LogP contribution in [0.15, 0.2) is 78.9 Å². The number of hydrazine groups is 1. The van der Waals surface area contributed by atoms with Crippen molar-refractivity contribution in [3.8, 4) is 0 Å². The van der Waals surface area contributed by atoms with Crippen LogP contribution in [0.4, 0.5) is 11.4 Å². The first-order chi connectivity index (χ1) is 15.0. The molecule has 3 aromatic carbocycles. The summed E-state index contributed by atoms with van der Waals surface area (Å²) in [5.41, 5.74) is 6.45. The number of carbonyl (C=O) groups is 2. The van der Waals surface area contributed by atoms with Crippen LogP contribution in [-0.2, 0) is 4.79 Å². The lowest BCUT2D eigenvalue weighted by Gasteiger charge is -2.13. The van der Waals surface area contributed by atoms with Crippen LogP contribution in [0.25, 0.3) is 0 Å². The van der Waals surface area contributed by atoms with Gasteiger partial charge in [0.2, 0.25) is 0 Å². The van der Waals surface area contributed by atoms with Gasteiger partial charge in [0.1, 0.15) is 4.99 Å². The third-order valence-corrected chi connectivity index (χ3v) is 4.62. The summed E-state index contributed by atoms with van der Waals surface area (Å²) < 4.78 is 0. The molecule has 0 spiro atoms. The molecule has 3 rings (SSSR count). The van der Waals surface area contributed by atoms with Crippen molar-refractivity contribution in [1.82, 2.24) is 10.9 Å². The van der Waals surface area contributed by atoms with E-state index in [-0.39, 0.29) is 17.8 Å². The molecular weight excluding hydrogens is 416 g/mol. The van der Waals surface area contributed by atoms with Gasteiger partial charge in [-0.05, 0) is 6.07 Å². The smallest absolute Gasteiger partial charge is 0.270 e. The second-order valence-corrected chi connectivity index (χ2v) is 6.81. The summed E-state index contributed by atoms with van der Waals surface area (Å²) in [6, 6.07) is 21.4. The molecule has 0 aliphatic carbocycles. The van der Waals surface area contributed by atoms with E-state index in [9.17, 15) is 19.7 Å². The van der Waals surface area contributed by atoms with Gasteiger partial charge in [-0.2, -0.15) is 0 Å². The number of rotatable bonds is 7. The maximum absolute atomic E-state index is 12.9. The normalized spacial score (nSPS) is 10.1. The maximum atomic E-state index is 12.9. The van der Waals surface area contributed by atoms with Crippen LogP contribution < -0.4 is 16.2 Å².